The first-order chi connectivity index (χ1) is 9.00. The van der Waals surface area contributed by atoms with Gasteiger partial charge >= 0.3 is 5.97 Å². The first-order valence-electron chi connectivity index (χ1n) is 5.65. The summed E-state index contributed by atoms with van der Waals surface area (Å²) < 4.78 is 10.2. The third-order valence-electron chi connectivity index (χ3n) is 2.81. The van der Waals surface area contributed by atoms with Gasteiger partial charge in [-0.05, 0) is 12.1 Å². The Morgan fingerprint density at radius 3 is 2.26 bits per heavy atom. The second-order valence-electron chi connectivity index (χ2n) is 4.17. The van der Waals surface area contributed by atoms with Crippen molar-refractivity contribution < 1.29 is 34.7 Å². The van der Waals surface area contributed by atoms with Crippen molar-refractivity contribution in [2.24, 2.45) is 0 Å². The molecule has 0 amide bonds. The lowest BCUT2D eigenvalue weighted by atomic mass is 9.99. The number of aliphatic carboxylic acids is 1. The fourth-order valence-corrected chi connectivity index (χ4v) is 1.78. The number of carboxylic acid groups (broad SMARTS) is 1. The summed E-state index contributed by atoms with van der Waals surface area (Å²) in [5.41, 5.74) is 0. The van der Waals surface area contributed by atoms with Crippen LogP contribution in [0.5, 0.6) is 5.75 Å². The molecular weight excluding hydrogens is 256 g/mol. The number of hydrogen-bond acceptors (Lipinski definition) is 6. The molecule has 1 fully saturated rings. The maximum atomic E-state index is 10.9. The van der Waals surface area contributed by atoms with Gasteiger partial charge in [-0.15, -0.1) is 0 Å². The third-order valence-corrected chi connectivity index (χ3v) is 2.81. The van der Waals surface area contributed by atoms with E-state index in [0.717, 1.165) is 0 Å². The van der Waals surface area contributed by atoms with Crippen molar-refractivity contribution in [1.82, 2.24) is 0 Å². The van der Waals surface area contributed by atoms with Crippen molar-refractivity contribution in [2.75, 3.05) is 0 Å². The van der Waals surface area contributed by atoms with E-state index >= 15 is 0 Å². The van der Waals surface area contributed by atoms with E-state index in [9.17, 15) is 20.1 Å². The van der Waals surface area contributed by atoms with Gasteiger partial charge in [0, 0.05) is 0 Å². The van der Waals surface area contributed by atoms with Crippen LogP contribution in [0, 0.1) is 0 Å². The number of benzene rings is 1. The lowest BCUT2D eigenvalue weighted by molar-refractivity contribution is -0.271. The molecule has 7 heteroatoms. The molecule has 2 rings (SSSR count). The predicted molar refractivity (Wildman–Crippen MR) is 61.4 cm³/mol. The molecule has 0 bridgehead atoms. The van der Waals surface area contributed by atoms with Gasteiger partial charge in [-0.2, -0.15) is 0 Å². The van der Waals surface area contributed by atoms with E-state index in [1.807, 2.05) is 0 Å². The Balaban J connectivity index is 2.13. The van der Waals surface area contributed by atoms with Crippen LogP contribution in [-0.2, 0) is 9.53 Å². The van der Waals surface area contributed by atoms with Gasteiger partial charge in [0.25, 0.3) is 0 Å². The summed E-state index contributed by atoms with van der Waals surface area (Å²) >= 11 is 0. The summed E-state index contributed by atoms with van der Waals surface area (Å²) in [4.78, 5) is 10.9. The normalized spacial score (nSPS) is 34.8. The molecular formula is C12H14O7. The zero-order valence-electron chi connectivity index (χ0n) is 9.79. The fourth-order valence-electron chi connectivity index (χ4n) is 1.78. The summed E-state index contributed by atoms with van der Waals surface area (Å²) in [5.74, 6) is -1.10. The highest BCUT2D eigenvalue weighted by atomic mass is 16.7. The molecule has 1 heterocycles. The van der Waals surface area contributed by atoms with Crippen LogP contribution in [0.3, 0.4) is 0 Å². The van der Waals surface area contributed by atoms with Crippen molar-refractivity contribution >= 4 is 5.97 Å². The van der Waals surface area contributed by atoms with Gasteiger partial charge in [-0.3, -0.25) is 0 Å². The molecule has 0 radical (unpaired) electrons. The van der Waals surface area contributed by atoms with Crippen LogP contribution in [0.4, 0.5) is 0 Å². The van der Waals surface area contributed by atoms with Crippen molar-refractivity contribution in [3.8, 4) is 5.75 Å². The van der Waals surface area contributed by atoms with Crippen molar-refractivity contribution in [1.29, 1.82) is 0 Å². The minimum Gasteiger partial charge on any atom is -0.479 e. The number of hydrogen-bond donors (Lipinski definition) is 4. The average molecular weight is 270 g/mol. The molecule has 104 valence electrons. The van der Waals surface area contributed by atoms with Crippen molar-refractivity contribution in [3.05, 3.63) is 30.3 Å². The van der Waals surface area contributed by atoms with Crippen LogP contribution >= 0.6 is 0 Å². The van der Waals surface area contributed by atoms with Crippen LogP contribution in [-0.4, -0.2) is 57.1 Å². The number of rotatable bonds is 3. The van der Waals surface area contributed by atoms with E-state index in [4.69, 9.17) is 14.6 Å². The van der Waals surface area contributed by atoms with E-state index in [2.05, 4.69) is 0 Å². The first-order valence-corrected chi connectivity index (χ1v) is 5.65. The highest BCUT2D eigenvalue weighted by Crippen LogP contribution is 2.24. The van der Waals surface area contributed by atoms with Crippen LogP contribution in [0.2, 0.25) is 0 Å². The Morgan fingerprint density at radius 1 is 1.05 bits per heavy atom. The quantitative estimate of drug-likeness (QED) is 0.554. The third kappa shape index (κ3) is 2.85. The minimum atomic E-state index is -1.72. The maximum Gasteiger partial charge on any atom is 0.335 e. The number of carboxylic acids is 1. The van der Waals surface area contributed by atoms with Crippen LogP contribution in [0.1, 0.15) is 0 Å². The Labute approximate surface area is 108 Å². The molecule has 1 aliphatic heterocycles. The largest absolute Gasteiger partial charge is 0.479 e. The van der Waals surface area contributed by atoms with E-state index < -0.39 is 36.7 Å². The zero-order chi connectivity index (χ0) is 14.0. The molecule has 0 spiro atoms. The summed E-state index contributed by atoms with van der Waals surface area (Å²) in [6.45, 7) is 0. The second kappa shape index (κ2) is 5.54. The summed E-state index contributed by atoms with van der Waals surface area (Å²) in [6.07, 6.45) is -7.97. The Hall–Kier alpha value is -1.67. The lowest BCUT2D eigenvalue weighted by Crippen LogP contribution is -2.61. The average Bonchev–Trinajstić information content (AvgIpc) is 2.40. The van der Waals surface area contributed by atoms with E-state index in [-0.39, 0.29) is 0 Å². The van der Waals surface area contributed by atoms with Gasteiger partial charge in [0.1, 0.15) is 24.1 Å². The monoisotopic (exact) mass is 270 g/mol. The number of aliphatic hydroxyl groups excluding tert-OH is 3. The van der Waals surface area contributed by atoms with Crippen LogP contribution < -0.4 is 4.74 Å². The molecule has 1 saturated heterocycles. The fraction of sp³-hybridized carbons (Fsp3) is 0.417. The van der Waals surface area contributed by atoms with E-state index in [0.29, 0.717) is 5.75 Å². The Bertz CT molecular complexity index is 435. The molecule has 5 unspecified atom stereocenters. The van der Waals surface area contributed by atoms with Crippen molar-refractivity contribution in [2.45, 2.75) is 30.7 Å². The van der Waals surface area contributed by atoms with Gasteiger partial charge in [0.05, 0.1) is 0 Å². The number of aliphatic hydroxyl groups is 3. The molecule has 0 aromatic heterocycles. The summed E-state index contributed by atoms with van der Waals surface area (Å²) in [7, 11) is 0. The van der Waals surface area contributed by atoms with Gasteiger partial charge in [-0.25, -0.2) is 4.79 Å². The lowest BCUT2D eigenvalue weighted by Gasteiger charge is -2.38. The molecule has 0 aliphatic carbocycles. The zero-order valence-corrected chi connectivity index (χ0v) is 9.79. The minimum absolute atomic E-state index is 0.347. The maximum absolute atomic E-state index is 10.9. The van der Waals surface area contributed by atoms with E-state index in [1.54, 1.807) is 30.3 Å². The van der Waals surface area contributed by atoms with E-state index in [1.165, 1.54) is 0 Å². The molecule has 19 heavy (non-hydrogen) atoms. The summed E-state index contributed by atoms with van der Waals surface area (Å²) in [5, 5.41) is 37.7. The predicted octanol–water partition coefficient (Wildman–Crippen LogP) is -1.04. The molecule has 1 aromatic rings. The first kappa shape index (κ1) is 13.8. The number of ether oxygens (including phenoxy) is 2. The second-order valence-corrected chi connectivity index (χ2v) is 4.17. The Morgan fingerprint density at radius 2 is 1.68 bits per heavy atom. The van der Waals surface area contributed by atoms with Crippen LogP contribution in [0.25, 0.3) is 0 Å². The highest BCUT2D eigenvalue weighted by molar-refractivity contribution is 5.73. The number of carbonyl (C=O) groups is 1. The molecule has 5 atom stereocenters. The number of para-hydroxylation sites is 1. The molecule has 1 aromatic carbocycles. The highest BCUT2D eigenvalue weighted by Gasteiger charge is 2.48. The van der Waals surface area contributed by atoms with Gasteiger partial charge < -0.3 is 29.9 Å². The Kier molecular flexibility index (Phi) is 4.01. The van der Waals surface area contributed by atoms with Crippen molar-refractivity contribution in [3.63, 3.8) is 0 Å². The molecule has 7 nitrogen and oxygen atoms in total. The molecule has 1 aliphatic rings. The smallest absolute Gasteiger partial charge is 0.335 e. The van der Waals surface area contributed by atoms with Gasteiger partial charge in [0.15, 0.2) is 6.10 Å². The van der Waals surface area contributed by atoms with Gasteiger partial charge in [0.2, 0.25) is 6.29 Å². The molecule has 4 N–H and O–H groups in total. The topological polar surface area (TPSA) is 116 Å². The SMILES string of the molecule is O=C(O)C1OC(Oc2ccccc2)C(O)C(O)C1O. The van der Waals surface area contributed by atoms with Crippen LogP contribution in [0.15, 0.2) is 30.3 Å². The standard InChI is InChI=1S/C12H14O7/c13-7-8(14)10(11(16)17)19-12(9(7)15)18-6-4-2-1-3-5-6/h1-5,7-10,12-15H,(H,16,17). The summed E-state index contributed by atoms with van der Waals surface area (Å²) in [6, 6.07) is 8.30. The molecule has 0 saturated carbocycles. The van der Waals surface area contributed by atoms with Gasteiger partial charge in [-0.1, -0.05) is 18.2 Å².